The lowest BCUT2D eigenvalue weighted by atomic mass is 10.1. The van der Waals surface area contributed by atoms with Crippen LogP contribution in [0.4, 0.5) is 0 Å². The van der Waals surface area contributed by atoms with Crippen molar-refractivity contribution in [3.05, 3.63) is 35.4 Å². The van der Waals surface area contributed by atoms with Crippen molar-refractivity contribution in [2.75, 3.05) is 0 Å². The maximum Gasteiger partial charge on any atom is 0.237 e. The number of benzene rings is 1. The quantitative estimate of drug-likeness (QED) is 0.793. The Morgan fingerprint density at radius 3 is 2.26 bits per heavy atom. The summed E-state index contributed by atoms with van der Waals surface area (Å²) in [5.74, 6) is 0.0841. The molecule has 19 heavy (non-hydrogen) atoms. The van der Waals surface area contributed by atoms with E-state index in [1.807, 2.05) is 6.92 Å². The molecule has 0 fully saturated rings. The summed E-state index contributed by atoms with van der Waals surface area (Å²) < 4.78 is 0. The molecule has 0 radical (unpaired) electrons. The van der Waals surface area contributed by atoms with Crippen LogP contribution < -0.4 is 10.6 Å². The summed E-state index contributed by atoms with van der Waals surface area (Å²) in [5, 5.41) is 6.32. The summed E-state index contributed by atoms with van der Waals surface area (Å²) in [4.78, 5) is 12.0. The van der Waals surface area contributed by atoms with Crippen molar-refractivity contribution in [3.8, 4) is 0 Å². The van der Waals surface area contributed by atoms with Crippen molar-refractivity contribution >= 4 is 5.91 Å². The third-order valence-electron chi connectivity index (χ3n) is 3.46. The third-order valence-corrected chi connectivity index (χ3v) is 3.46. The van der Waals surface area contributed by atoms with Gasteiger partial charge in [-0.2, -0.15) is 0 Å². The molecule has 0 aliphatic heterocycles. The van der Waals surface area contributed by atoms with Gasteiger partial charge in [0.2, 0.25) is 5.91 Å². The van der Waals surface area contributed by atoms with Crippen LogP contribution in [-0.4, -0.2) is 18.0 Å². The Morgan fingerprint density at radius 1 is 1.16 bits per heavy atom. The van der Waals surface area contributed by atoms with E-state index in [9.17, 15) is 4.79 Å². The van der Waals surface area contributed by atoms with Crippen molar-refractivity contribution in [2.45, 2.75) is 59.2 Å². The molecule has 1 atom stereocenters. The molecular weight excluding hydrogens is 236 g/mol. The van der Waals surface area contributed by atoms with Crippen molar-refractivity contribution in [1.29, 1.82) is 0 Å². The van der Waals surface area contributed by atoms with Gasteiger partial charge in [-0.3, -0.25) is 4.79 Å². The number of nitrogens with one attached hydrogen (secondary N) is 2. The fourth-order valence-corrected chi connectivity index (χ4v) is 1.89. The fraction of sp³-hybridized carbons (Fsp3) is 0.562. The van der Waals surface area contributed by atoms with Gasteiger partial charge in [0.1, 0.15) is 0 Å². The molecule has 0 saturated carbocycles. The molecule has 1 aromatic carbocycles. The maximum absolute atomic E-state index is 12.0. The van der Waals surface area contributed by atoms with Crippen LogP contribution in [0.2, 0.25) is 0 Å². The van der Waals surface area contributed by atoms with Gasteiger partial charge < -0.3 is 10.6 Å². The highest BCUT2D eigenvalue weighted by molar-refractivity contribution is 5.81. The number of hydrogen-bond donors (Lipinski definition) is 2. The van der Waals surface area contributed by atoms with Crippen LogP contribution in [0.1, 0.15) is 44.7 Å². The molecule has 1 rings (SSSR count). The molecule has 0 heterocycles. The second-order valence-corrected chi connectivity index (χ2v) is 5.11. The summed E-state index contributed by atoms with van der Waals surface area (Å²) in [6.07, 6.45) is 1.96. The normalized spacial score (nSPS) is 12.5. The number of hydrogen-bond acceptors (Lipinski definition) is 2. The fourth-order valence-electron chi connectivity index (χ4n) is 1.89. The molecule has 0 spiro atoms. The standard InChI is InChI=1S/C16H26N2O/c1-5-15(6-2)18-16(19)13(4)17-11-14-9-7-12(3)8-10-14/h7-10,13,15,17H,5-6,11H2,1-4H3,(H,18,19). The van der Waals surface area contributed by atoms with Gasteiger partial charge in [0.25, 0.3) is 0 Å². The Labute approximate surface area is 116 Å². The SMILES string of the molecule is CCC(CC)NC(=O)C(C)NCc1ccc(C)cc1. The molecule has 0 aliphatic rings. The first-order chi connectivity index (χ1) is 9.06. The number of carbonyl (C=O) groups is 1. The summed E-state index contributed by atoms with van der Waals surface area (Å²) in [6, 6.07) is 8.48. The molecule has 3 nitrogen and oxygen atoms in total. The predicted octanol–water partition coefficient (Wildman–Crippen LogP) is 2.78. The van der Waals surface area contributed by atoms with Gasteiger partial charge in [0.15, 0.2) is 0 Å². The van der Waals surface area contributed by atoms with Crippen molar-refractivity contribution in [2.24, 2.45) is 0 Å². The minimum absolute atomic E-state index is 0.0841. The molecule has 1 aromatic rings. The minimum atomic E-state index is -0.165. The Kier molecular flexibility index (Phi) is 6.57. The highest BCUT2D eigenvalue weighted by atomic mass is 16.2. The zero-order valence-electron chi connectivity index (χ0n) is 12.5. The van der Waals surface area contributed by atoms with Crippen molar-refractivity contribution < 1.29 is 4.79 Å². The van der Waals surface area contributed by atoms with Crippen LogP contribution in [-0.2, 0) is 11.3 Å². The van der Waals surface area contributed by atoms with Gasteiger partial charge in [-0.15, -0.1) is 0 Å². The van der Waals surface area contributed by atoms with Gasteiger partial charge in [0, 0.05) is 12.6 Å². The number of carbonyl (C=O) groups excluding carboxylic acids is 1. The zero-order valence-corrected chi connectivity index (χ0v) is 12.5. The van der Waals surface area contributed by atoms with E-state index in [0.29, 0.717) is 0 Å². The molecule has 1 unspecified atom stereocenters. The van der Waals surface area contributed by atoms with Crippen LogP contribution >= 0.6 is 0 Å². The Bertz CT molecular complexity index is 382. The van der Waals surface area contributed by atoms with Gasteiger partial charge >= 0.3 is 0 Å². The van der Waals surface area contributed by atoms with E-state index in [-0.39, 0.29) is 18.0 Å². The maximum atomic E-state index is 12.0. The molecule has 1 amide bonds. The molecule has 106 valence electrons. The first kappa shape index (κ1) is 15.7. The molecule has 0 saturated heterocycles. The average molecular weight is 262 g/mol. The van der Waals surface area contributed by atoms with Gasteiger partial charge in [0.05, 0.1) is 6.04 Å². The van der Waals surface area contributed by atoms with Gasteiger partial charge in [-0.05, 0) is 32.3 Å². The third kappa shape index (κ3) is 5.43. The van der Waals surface area contributed by atoms with Crippen molar-refractivity contribution in [1.82, 2.24) is 10.6 Å². The Morgan fingerprint density at radius 2 is 1.74 bits per heavy atom. The van der Waals surface area contributed by atoms with Crippen LogP contribution in [0.15, 0.2) is 24.3 Å². The number of aryl methyl sites for hydroxylation is 1. The highest BCUT2D eigenvalue weighted by Gasteiger charge is 2.14. The number of amides is 1. The molecular formula is C16H26N2O. The lowest BCUT2D eigenvalue weighted by molar-refractivity contribution is -0.123. The van der Waals surface area contributed by atoms with Gasteiger partial charge in [-0.25, -0.2) is 0 Å². The number of rotatable bonds is 7. The lowest BCUT2D eigenvalue weighted by Crippen LogP contribution is -2.45. The lowest BCUT2D eigenvalue weighted by Gasteiger charge is -2.19. The topological polar surface area (TPSA) is 41.1 Å². The summed E-state index contributed by atoms with van der Waals surface area (Å²) in [6.45, 7) is 8.89. The van der Waals surface area contributed by atoms with Crippen LogP contribution in [0.5, 0.6) is 0 Å². The molecule has 3 heteroatoms. The van der Waals surface area contributed by atoms with E-state index >= 15 is 0 Å². The van der Waals surface area contributed by atoms with E-state index in [1.165, 1.54) is 11.1 Å². The second-order valence-electron chi connectivity index (χ2n) is 5.11. The van der Waals surface area contributed by atoms with E-state index in [2.05, 4.69) is 55.7 Å². The smallest absolute Gasteiger partial charge is 0.237 e. The van der Waals surface area contributed by atoms with Crippen molar-refractivity contribution in [3.63, 3.8) is 0 Å². The van der Waals surface area contributed by atoms with E-state index in [4.69, 9.17) is 0 Å². The summed E-state index contributed by atoms with van der Waals surface area (Å²) in [7, 11) is 0. The van der Waals surface area contributed by atoms with E-state index in [1.54, 1.807) is 0 Å². The first-order valence-corrected chi connectivity index (χ1v) is 7.16. The Hall–Kier alpha value is -1.35. The molecule has 2 N–H and O–H groups in total. The minimum Gasteiger partial charge on any atom is -0.352 e. The monoisotopic (exact) mass is 262 g/mol. The first-order valence-electron chi connectivity index (χ1n) is 7.16. The van der Waals surface area contributed by atoms with E-state index in [0.717, 1.165) is 19.4 Å². The summed E-state index contributed by atoms with van der Waals surface area (Å²) in [5.41, 5.74) is 2.45. The van der Waals surface area contributed by atoms with Gasteiger partial charge in [-0.1, -0.05) is 43.7 Å². The molecule has 0 aliphatic carbocycles. The molecule has 0 aromatic heterocycles. The Balaban J connectivity index is 2.39. The highest BCUT2D eigenvalue weighted by Crippen LogP contribution is 2.03. The largest absolute Gasteiger partial charge is 0.352 e. The van der Waals surface area contributed by atoms with Crippen LogP contribution in [0, 0.1) is 6.92 Å². The predicted molar refractivity (Wildman–Crippen MR) is 80.0 cm³/mol. The molecule has 0 bridgehead atoms. The zero-order chi connectivity index (χ0) is 14.3. The second kappa shape index (κ2) is 7.95. The summed E-state index contributed by atoms with van der Waals surface area (Å²) >= 11 is 0. The average Bonchev–Trinajstić information content (AvgIpc) is 2.43. The van der Waals surface area contributed by atoms with Crippen LogP contribution in [0.3, 0.4) is 0 Å². The van der Waals surface area contributed by atoms with E-state index < -0.39 is 0 Å². The van der Waals surface area contributed by atoms with Crippen LogP contribution in [0.25, 0.3) is 0 Å².